The van der Waals surface area contributed by atoms with Crippen molar-refractivity contribution < 1.29 is 4.79 Å². The zero-order chi connectivity index (χ0) is 16.4. The van der Waals surface area contributed by atoms with Crippen LogP contribution in [0.5, 0.6) is 0 Å². The molecule has 4 nitrogen and oxygen atoms in total. The maximum atomic E-state index is 11.8. The lowest BCUT2D eigenvalue weighted by Crippen LogP contribution is -2.41. The van der Waals surface area contributed by atoms with Gasteiger partial charge >= 0.3 is 6.03 Å². The maximum Gasteiger partial charge on any atom is 0.342 e. The summed E-state index contributed by atoms with van der Waals surface area (Å²) >= 11 is 20.0. The highest BCUT2D eigenvalue weighted by molar-refractivity contribution is 7.99. The summed E-state index contributed by atoms with van der Waals surface area (Å²) in [5.74, 6) is 0. The number of hydrazone groups is 1. The Kier molecular flexibility index (Phi) is 5.02. The molecule has 0 fully saturated rings. The second kappa shape index (κ2) is 7.01. The summed E-state index contributed by atoms with van der Waals surface area (Å²) in [4.78, 5) is 13.5. The SMILES string of the molecule is O=C1NCC=NN1c1cc(Cl)c(Sc2ccc(Cl)cc2)c(Cl)c1. The molecule has 23 heavy (non-hydrogen) atoms. The van der Waals surface area contributed by atoms with Crippen molar-refractivity contribution in [3.05, 3.63) is 51.5 Å². The Labute approximate surface area is 152 Å². The highest BCUT2D eigenvalue weighted by atomic mass is 35.5. The van der Waals surface area contributed by atoms with E-state index in [1.165, 1.54) is 16.8 Å². The summed E-state index contributed by atoms with van der Waals surface area (Å²) in [6.07, 6.45) is 1.60. The van der Waals surface area contributed by atoms with Gasteiger partial charge in [0.05, 0.1) is 22.3 Å². The van der Waals surface area contributed by atoms with E-state index in [-0.39, 0.29) is 6.03 Å². The molecule has 118 valence electrons. The predicted molar refractivity (Wildman–Crippen MR) is 96.4 cm³/mol. The highest BCUT2D eigenvalue weighted by Gasteiger charge is 2.20. The second-order valence-corrected chi connectivity index (χ2v) is 6.93. The summed E-state index contributed by atoms with van der Waals surface area (Å²) < 4.78 is 0. The van der Waals surface area contributed by atoms with Gasteiger partial charge < -0.3 is 5.32 Å². The monoisotopic (exact) mass is 385 g/mol. The average molecular weight is 387 g/mol. The van der Waals surface area contributed by atoms with E-state index in [0.717, 1.165) is 4.90 Å². The summed E-state index contributed by atoms with van der Waals surface area (Å²) in [5.41, 5.74) is 0.508. The maximum absolute atomic E-state index is 11.8. The van der Waals surface area contributed by atoms with E-state index in [1.54, 1.807) is 30.5 Å². The van der Waals surface area contributed by atoms with Crippen LogP contribution in [0.1, 0.15) is 0 Å². The lowest BCUT2D eigenvalue weighted by atomic mass is 10.3. The van der Waals surface area contributed by atoms with Crippen molar-refractivity contribution >= 4 is 64.5 Å². The Bertz CT molecular complexity index is 757. The molecular weight excluding hydrogens is 377 g/mol. The number of urea groups is 1. The van der Waals surface area contributed by atoms with Crippen molar-refractivity contribution in [2.24, 2.45) is 5.10 Å². The molecule has 2 aromatic rings. The Morgan fingerprint density at radius 1 is 1.09 bits per heavy atom. The van der Waals surface area contributed by atoms with E-state index >= 15 is 0 Å². The third-order valence-electron chi connectivity index (χ3n) is 3.00. The van der Waals surface area contributed by atoms with Crippen LogP contribution in [0.15, 0.2) is 51.3 Å². The van der Waals surface area contributed by atoms with Gasteiger partial charge in [0, 0.05) is 21.0 Å². The summed E-state index contributed by atoms with van der Waals surface area (Å²) in [7, 11) is 0. The number of nitrogens with zero attached hydrogens (tertiary/aromatic N) is 2. The molecule has 0 aromatic heterocycles. The first-order valence-corrected chi connectivity index (χ1v) is 8.52. The average Bonchev–Trinajstić information content (AvgIpc) is 2.53. The number of carbonyl (C=O) groups excluding carboxylic acids is 1. The minimum atomic E-state index is -0.322. The van der Waals surface area contributed by atoms with Gasteiger partial charge in [-0.2, -0.15) is 10.1 Å². The molecule has 3 rings (SSSR count). The first kappa shape index (κ1) is 16.5. The van der Waals surface area contributed by atoms with E-state index in [0.29, 0.717) is 32.2 Å². The molecular formula is C15H10Cl3N3OS. The van der Waals surface area contributed by atoms with Crippen LogP contribution in [0.3, 0.4) is 0 Å². The van der Waals surface area contributed by atoms with Crippen molar-refractivity contribution in [2.45, 2.75) is 9.79 Å². The number of hydrogen-bond acceptors (Lipinski definition) is 3. The van der Waals surface area contributed by atoms with Gasteiger partial charge in [0.2, 0.25) is 0 Å². The summed E-state index contributed by atoms with van der Waals surface area (Å²) in [5, 5.41) is 9.48. The van der Waals surface area contributed by atoms with E-state index in [4.69, 9.17) is 34.8 Å². The van der Waals surface area contributed by atoms with Crippen molar-refractivity contribution in [1.29, 1.82) is 0 Å². The molecule has 8 heteroatoms. The molecule has 0 unspecified atom stereocenters. The Morgan fingerprint density at radius 2 is 1.74 bits per heavy atom. The predicted octanol–water partition coefficient (Wildman–Crippen LogP) is 5.31. The molecule has 1 aliphatic heterocycles. The van der Waals surface area contributed by atoms with Gasteiger partial charge in [-0.3, -0.25) is 0 Å². The van der Waals surface area contributed by atoms with Crippen LogP contribution in [0, 0.1) is 0 Å². The van der Waals surface area contributed by atoms with Gasteiger partial charge in [0.1, 0.15) is 0 Å². The Hall–Kier alpha value is -1.40. The third kappa shape index (κ3) is 3.75. The van der Waals surface area contributed by atoms with E-state index in [9.17, 15) is 4.79 Å². The molecule has 0 aliphatic carbocycles. The van der Waals surface area contributed by atoms with Crippen LogP contribution < -0.4 is 10.3 Å². The van der Waals surface area contributed by atoms with Crippen LogP contribution in [0.2, 0.25) is 15.1 Å². The van der Waals surface area contributed by atoms with Gasteiger partial charge in [0.15, 0.2) is 0 Å². The van der Waals surface area contributed by atoms with Crippen LogP contribution in [0.4, 0.5) is 10.5 Å². The van der Waals surface area contributed by atoms with E-state index < -0.39 is 0 Å². The standard InChI is InChI=1S/C15H10Cl3N3OS/c16-9-1-3-11(4-2-9)23-14-12(17)7-10(8-13(14)18)21-15(22)19-5-6-20-21/h1-4,6-8H,5H2,(H,19,22). The second-order valence-electron chi connectivity index (χ2n) is 4.59. The lowest BCUT2D eigenvalue weighted by molar-refractivity contribution is 0.247. The van der Waals surface area contributed by atoms with Crippen LogP contribution in [-0.4, -0.2) is 18.8 Å². The molecule has 0 bridgehead atoms. The Balaban J connectivity index is 1.91. The zero-order valence-corrected chi connectivity index (χ0v) is 14.7. The van der Waals surface area contributed by atoms with Gasteiger partial charge in [0.25, 0.3) is 0 Å². The number of amides is 2. The summed E-state index contributed by atoms with van der Waals surface area (Å²) in [6, 6.07) is 10.4. The lowest BCUT2D eigenvalue weighted by Gasteiger charge is -2.21. The number of rotatable bonds is 3. The largest absolute Gasteiger partial charge is 0.342 e. The van der Waals surface area contributed by atoms with Crippen molar-refractivity contribution in [3.63, 3.8) is 0 Å². The van der Waals surface area contributed by atoms with Crippen molar-refractivity contribution in [1.82, 2.24) is 5.32 Å². The molecule has 1 heterocycles. The minimum Gasteiger partial charge on any atom is -0.331 e. The fourth-order valence-corrected chi connectivity index (χ4v) is 3.61. The Morgan fingerprint density at radius 3 is 2.35 bits per heavy atom. The molecule has 0 saturated heterocycles. The van der Waals surface area contributed by atoms with Gasteiger partial charge in [-0.1, -0.05) is 46.6 Å². The molecule has 0 saturated carbocycles. The van der Waals surface area contributed by atoms with E-state index in [2.05, 4.69) is 10.4 Å². The fraction of sp³-hybridized carbons (Fsp3) is 0.0667. The topological polar surface area (TPSA) is 44.7 Å². The van der Waals surface area contributed by atoms with Crippen LogP contribution in [-0.2, 0) is 0 Å². The van der Waals surface area contributed by atoms with Crippen LogP contribution >= 0.6 is 46.6 Å². The number of carbonyl (C=O) groups is 1. The van der Waals surface area contributed by atoms with Crippen molar-refractivity contribution in [2.75, 3.05) is 11.6 Å². The number of benzene rings is 2. The first-order chi connectivity index (χ1) is 11.0. The number of nitrogens with one attached hydrogen (secondary N) is 1. The molecule has 1 N–H and O–H groups in total. The smallest absolute Gasteiger partial charge is 0.331 e. The summed E-state index contributed by atoms with van der Waals surface area (Å²) in [6.45, 7) is 0.404. The third-order valence-corrected chi connectivity index (χ3v) is 5.22. The van der Waals surface area contributed by atoms with Crippen LogP contribution in [0.25, 0.3) is 0 Å². The minimum absolute atomic E-state index is 0.322. The zero-order valence-electron chi connectivity index (χ0n) is 11.6. The number of anilines is 1. The normalized spacial score (nSPS) is 14.0. The quantitative estimate of drug-likeness (QED) is 0.776. The molecule has 0 spiro atoms. The molecule has 2 amide bonds. The van der Waals surface area contributed by atoms with Gasteiger partial charge in [-0.25, -0.2) is 4.79 Å². The van der Waals surface area contributed by atoms with Gasteiger partial charge in [-0.05, 0) is 36.4 Å². The number of hydrogen-bond donors (Lipinski definition) is 1. The molecule has 1 aliphatic rings. The number of halogens is 3. The van der Waals surface area contributed by atoms with Crippen molar-refractivity contribution in [3.8, 4) is 0 Å². The highest BCUT2D eigenvalue weighted by Crippen LogP contribution is 2.41. The van der Waals surface area contributed by atoms with E-state index in [1.807, 2.05) is 12.1 Å². The molecule has 0 radical (unpaired) electrons. The molecule has 0 atom stereocenters. The molecule has 2 aromatic carbocycles. The first-order valence-electron chi connectivity index (χ1n) is 6.57. The fourth-order valence-electron chi connectivity index (χ4n) is 1.95. The van der Waals surface area contributed by atoms with Gasteiger partial charge in [-0.15, -0.1) is 0 Å².